The highest BCUT2D eigenvalue weighted by Crippen LogP contribution is 2.38. The third-order valence-corrected chi connectivity index (χ3v) is 5.80. The summed E-state index contributed by atoms with van der Waals surface area (Å²) in [7, 11) is 3.94. The Balaban J connectivity index is 1.59. The Hall–Kier alpha value is -0.810. The molecule has 0 radical (unpaired) electrons. The molecule has 5 nitrogen and oxygen atoms in total. The van der Waals surface area contributed by atoms with Crippen LogP contribution < -0.4 is 5.32 Å². The second kappa shape index (κ2) is 6.13. The van der Waals surface area contributed by atoms with E-state index < -0.39 is 0 Å². The quantitative estimate of drug-likeness (QED) is 0.845. The minimum atomic E-state index is 0.135. The highest BCUT2D eigenvalue weighted by molar-refractivity contribution is 5.76. The van der Waals surface area contributed by atoms with E-state index in [1.165, 1.54) is 6.42 Å². The van der Waals surface area contributed by atoms with E-state index in [0.717, 1.165) is 58.2 Å². The standard InChI is InChI=1S/C16H29N3O2/c1-18-10-7-16(8-11-18)6-3-9-19(16)15(20)17-13-4-5-14(12-13)21-2/h13-14H,3-12H2,1-2H3,(H,17,20)/t13-,14+/m0/s1. The Labute approximate surface area is 128 Å². The van der Waals surface area contributed by atoms with Gasteiger partial charge in [0.15, 0.2) is 0 Å². The lowest BCUT2D eigenvalue weighted by Gasteiger charge is -2.44. The number of hydrogen-bond acceptors (Lipinski definition) is 3. The van der Waals surface area contributed by atoms with E-state index in [0.29, 0.717) is 12.1 Å². The number of nitrogens with zero attached hydrogens (tertiary/aromatic N) is 2. The van der Waals surface area contributed by atoms with Crippen molar-refractivity contribution in [2.24, 2.45) is 0 Å². The summed E-state index contributed by atoms with van der Waals surface area (Å²) in [6, 6.07) is 0.463. The van der Waals surface area contributed by atoms with Crippen LogP contribution in [0.3, 0.4) is 0 Å². The summed E-state index contributed by atoms with van der Waals surface area (Å²) in [6.45, 7) is 3.15. The van der Waals surface area contributed by atoms with E-state index in [9.17, 15) is 4.79 Å². The smallest absolute Gasteiger partial charge is 0.318 e. The second-order valence-electron chi connectivity index (χ2n) is 7.10. The fraction of sp³-hybridized carbons (Fsp3) is 0.938. The topological polar surface area (TPSA) is 44.8 Å². The lowest BCUT2D eigenvalue weighted by atomic mass is 9.85. The summed E-state index contributed by atoms with van der Waals surface area (Å²) in [6.07, 6.45) is 8.00. The molecule has 1 N–H and O–H groups in total. The van der Waals surface area contributed by atoms with Gasteiger partial charge in [0, 0.05) is 38.3 Å². The van der Waals surface area contributed by atoms with Crippen LogP contribution in [0.25, 0.3) is 0 Å². The van der Waals surface area contributed by atoms with Crippen molar-refractivity contribution in [1.29, 1.82) is 0 Å². The number of carbonyl (C=O) groups is 1. The van der Waals surface area contributed by atoms with Crippen LogP contribution in [0.2, 0.25) is 0 Å². The third kappa shape index (κ3) is 3.04. The molecule has 2 atom stereocenters. The van der Waals surface area contributed by atoms with Gasteiger partial charge in [-0.25, -0.2) is 4.79 Å². The molecule has 1 aliphatic carbocycles. The number of hydrogen-bond donors (Lipinski definition) is 1. The summed E-state index contributed by atoms with van der Waals surface area (Å²) in [5.41, 5.74) is 0.135. The molecular formula is C16H29N3O2. The molecule has 0 bridgehead atoms. The lowest BCUT2D eigenvalue weighted by Crippen LogP contribution is -2.57. The first kappa shape index (κ1) is 15.1. The second-order valence-corrected chi connectivity index (χ2v) is 7.10. The minimum Gasteiger partial charge on any atom is -0.381 e. The van der Waals surface area contributed by atoms with E-state index in [1.54, 1.807) is 7.11 Å². The van der Waals surface area contributed by atoms with Gasteiger partial charge < -0.3 is 19.9 Å². The Morgan fingerprint density at radius 1 is 1.19 bits per heavy atom. The summed E-state index contributed by atoms with van der Waals surface area (Å²) in [5.74, 6) is 0. The van der Waals surface area contributed by atoms with Gasteiger partial charge in [-0.3, -0.25) is 0 Å². The summed E-state index contributed by atoms with van der Waals surface area (Å²) < 4.78 is 5.40. The number of carbonyl (C=O) groups excluding carboxylic acids is 1. The average molecular weight is 295 g/mol. The molecule has 0 aromatic heterocycles. The van der Waals surface area contributed by atoms with E-state index in [1.807, 2.05) is 0 Å². The molecule has 2 heterocycles. The number of amides is 2. The molecule has 2 saturated heterocycles. The summed E-state index contributed by atoms with van der Waals surface area (Å²) >= 11 is 0. The molecule has 3 fully saturated rings. The average Bonchev–Trinajstić information content (AvgIpc) is 3.09. The molecule has 21 heavy (non-hydrogen) atoms. The molecule has 0 unspecified atom stereocenters. The lowest BCUT2D eigenvalue weighted by molar-refractivity contribution is 0.0806. The predicted molar refractivity (Wildman–Crippen MR) is 82.4 cm³/mol. The van der Waals surface area contributed by atoms with Crippen LogP contribution in [-0.4, -0.2) is 67.3 Å². The number of nitrogens with one attached hydrogen (secondary N) is 1. The van der Waals surface area contributed by atoms with Gasteiger partial charge in [0.25, 0.3) is 0 Å². The van der Waals surface area contributed by atoms with E-state index >= 15 is 0 Å². The van der Waals surface area contributed by atoms with Crippen molar-refractivity contribution >= 4 is 6.03 Å². The van der Waals surface area contributed by atoms with Crippen molar-refractivity contribution in [3.63, 3.8) is 0 Å². The summed E-state index contributed by atoms with van der Waals surface area (Å²) in [4.78, 5) is 17.2. The van der Waals surface area contributed by atoms with Crippen molar-refractivity contribution in [3.8, 4) is 0 Å². The maximum atomic E-state index is 12.7. The number of likely N-dealkylation sites (tertiary alicyclic amines) is 2. The van der Waals surface area contributed by atoms with Crippen molar-refractivity contribution in [2.75, 3.05) is 33.8 Å². The molecule has 5 heteroatoms. The van der Waals surface area contributed by atoms with Crippen LogP contribution in [0.4, 0.5) is 4.79 Å². The van der Waals surface area contributed by atoms with Crippen LogP contribution in [0.5, 0.6) is 0 Å². The maximum absolute atomic E-state index is 12.7. The van der Waals surface area contributed by atoms with Gasteiger partial charge in [-0.1, -0.05) is 0 Å². The summed E-state index contributed by atoms with van der Waals surface area (Å²) in [5, 5.41) is 3.26. The minimum absolute atomic E-state index is 0.135. The highest BCUT2D eigenvalue weighted by atomic mass is 16.5. The monoisotopic (exact) mass is 295 g/mol. The third-order valence-electron chi connectivity index (χ3n) is 5.80. The zero-order valence-electron chi connectivity index (χ0n) is 13.4. The van der Waals surface area contributed by atoms with Gasteiger partial charge >= 0.3 is 6.03 Å². The van der Waals surface area contributed by atoms with Gasteiger partial charge in [0.05, 0.1) is 6.10 Å². The van der Waals surface area contributed by atoms with E-state index in [4.69, 9.17) is 4.74 Å². The van der Waals surface area contributed by atoms with Crippen molar-refractivity contribution in [3.05, 3.63) is 0 Å². The Morgan fingerprint density at radius 3 is 2.62 bits per heavy atom. The number of ether oxygens (including phenoxy) is 1. The van der Waals surface area contributed by atoms with Gasteiger partial charge in [-0.05, 0) is 52.0 Å². The largest absolute Gasteiger partial charge is 0.381 e. The Bertz CT molecular complexity index is 380. The first-order valence-electron chi connectivity index (χ1n) is 8.42. The molecular weight excluding hydrogens is 266 g/mol. The van der Waals surface area contributed by atoms with Crippen LogP contribution in [-0.2, 0) is 4.74 Å². The molecule has 1 saturated carbocycles. The van der Waals surface area contributed by atoms with Crippen molar-refractivity contribution in [1.82, 2.24) is 15.1 Å². The number of rotatable bonds is 2. The molecule has 0 aromatic rings. The van der Waals surface area contributed by atoms with Crippen LogP contribution >= 0.6 is 0 Å². The van der Waals surface area contributed by atoms with Crippen LogP contribution in [0.15, 0.2) is 0 Å². The zero-order chi connectivity index (χ0) is 14.9. The van der Waals surface area contributed by atoms with Gasteiger partial charge in [-0.15, -0.1) is 0 Å². The van der Waals surface area contributed by atoms with Crippen LogP contribution in [0, 0.1) is 0 Å². The van der Waals surface area contributed by atoms with Gasteiger partial charge in [-0.2, -0.15) is 0 Å². The number of urea groups is 1. The van der Waals surface area contributed by atoms with Crippen molar-refractivity contribution in [2.45, 2.75) is 62.6 Å². The molecule has 3 rings (SSSR count). The van der Waals surface area contributed by atoms with Crippen molar-refractivity contribution < 1.29 is 9.53 Å². The zero-order valence-corrected chi connectivity index (χ0v) is 13.4. The molecule has 1 spiro atoms. The van der Waals surface area contributed by atoms with Gasteiger partial charge in [0.1, 0.15) is 0 Å². The molecule has 0 aromatic carbocycles. The maximum Gasteiger partial charge on any atom is 0.318 e. The SMILES string of the molecule is CO[C@@H]1CC[C@H](NC(=O)N2CCCC23CCN(C)CC3)C1. The first-order chi connectivity index (χ1) is 10.1. The molecule has 3 aliphatic rings. The highest BCUT2D eigenvalue weighted by Gasteiger charge is 2.45. The number of piperidine rings is 1. The molecule has 2 aliphatic heterocycles. The number of methoxy groups -OCH3 is 1. The molecule has 120 valence electrons. The normalized spacial score (nSPS) is 32.8. The van der Waals surface area contributed by atoms with Crippen LogP contribution in [0.1, 0.15) is 44.9 Å². The fourth-order valence-electron chi connectivity index (χ4n) is 4.35. The first-order valence-corrected chi connectivity index (χ1v) is 8.42. The van der Waals surface area contributed by atoms with Gasteiger partial charge in [0.2, 0.25) is 0 Å². The Morgan fingerprint density at radius 2 is 1.95 bits per heavy atom. The fourth-order valence-corrected chi connectivity index (χ4v) is 4.35. The van der Waals surface area contributed by atoms with E-state index in [2.05, 4.69) is 22.2 Å². The predicted octanol–water partition coefficient (Wildman–Crippen LogP) is 1.82. The molecule has 2 amide bonds. The Kier molecular flexibility index (Phi) is 4.41. The van der Waals surface area contributed by atoms with E-state index in [-0.39, 0.29) is 11.6 Å².